The van der Waals surface area contributed by atoms with Gasteiger partial charge in [0.2, 0.25) is 0 Å². The molecule has 0 spiro atoms. The number of aryl methyl sites for hydroxylation is 1. The van der Waals surface area contributed by atoms with Crippen LogP contribution in [-0.2, 0) is 13.0 Å². The predicted molar refractivity (Wildman–Crippen MR) is 81.3 cm³/mol. The van der Waals surface area contributed by atoms with Crippen molar-refractivity contribution in [3.63, 3.8) is 0 Å². The van der Waals surface area contributed by atoms with Crippen molar-refractivity contribution >= 4 is 21.9 Å². The summed E-state index contributed by atoms with van der Waals surface area (Å²) in [7, 11) is 3.19. The van der Waals surface area contributed by atoms with Crippen molar-refractivity contribution in [2.45, 2.75) is 13.0 Å². The average Bonchev–Trinajstić information content (AvgIpc) is 2.83. The molecule has 1 aliphatic heterocycles. The van der Waals surface area contributed by atoms with Gasteiger partial charge in [0.05, 0.1) is 30.1 Å². The van der Waals surface area contributed by atoms with E-state index in [1.807, 2.05) is 16.7 Å². The van der Waals surface area contributed by atoms with Crippen molar-refractivity contribution in [2.24, 2.45) is 0 Å². The number of benzene rings is 1. The van der Waals surface area contributed by atoms with E-state index in [1.54, 1.807) is 20.3 Å². The number of fused-ring (bicyclic) bond motifs is 3. The number of carboxylic acids is 1. The molecule has 1 aromatic carbocycles. The summed E-state index contributed by atoms with van der Waals surface area (Å²) in [6.07, 6.45) is 0.815. The first-order valence-electron chi connectivity index (χ1n) is 6.44. The fraction of sp³-hybridized carbons (Fsp3) is 0.267. The Bertz CT molecular complexity index is 736. The van der Waals surface area contributed by atoms with Gasteiger partial charge in [-0.3, -0.25) is 0 Å². The van der Waals surface area contributed by atoms with Gasteiger partial charge in [-0.15, -0.1) is 0 Å². The van der Waals surface area contributed by atoms with Crippen molar-refractivity contribution in [3.8, 4) is 22.8 Å². The molecule has 0 saturated heterocycles. The third-order valence-electron chi connectivity index (χ3n) is 3.75. The van der Waals surface area contributed by atoms with Gasteiger partial charge in [0.1, 0.15) is 0 Å². The number of methoxy groups -OCH3 is 2. The van der Waals surface area contributed by atoms with E-state index >= 15 is 0 Å². The highest BCUT2D eigenvalue weighted by atomic mass is 79.9. The van der Waals surface area contributed by atoms with E-state index in [-0.39, 0.29) is 5.56 Å². The normalized spacial score (nSPS) is 12.5. The van der Waals surface area contributed by atoms with Crippen LogP contribution < -0.4 is 9.47 Å². The van der Waals surface area contributed by atoms with Crippen LogP contribution in [0.25, 0.3) is 11.3 Å². The Hall–Kier alpha value is -1.95. The fourth-order valence-electron chi connectivity index (χ4n) is 2.72. The standard InChI is InChI=1S/C15H14BrNO4/c1-20-12-5-8-3-4-17-11(9(8)7-13(12)21-2)6-10(14(17)16)15(18)19/h5-7H,3-4H2,1-2H3,(H,18,19). The van der Waals surface area contributed by atoms with Crippen LogP contribution in [-0.4, -0.2) is 29.9 Å². The summed E-state index contributed by atoms with van der Waals surface area (Å²) >= 11 is 3.38. The molecule has 0 fully saturated rings. The van der Waals surface area contributed by atoms with E-state index in [9.17, 15) is 9.90 Å². The van der Waals surface area contributed by atoms with Gasteiger partial charge >= 0.3 is 5.97 Å². The van der Waals surface area contributed by atoms with Gasteiger partial charge in [-0.2, -0.15) is 0 Å². The minimum atomic E-state index is -0.939. The summed E-state index contributed by atoms with van der Waals surface area (Å²) in [5, 5.41) is 9.26. The number of halogens is 1. The maximum absolute atomic E-state index is 11.3. The summed E-state index contributed by atoms with van der Waals surface area (Å²) in [4.78, 5) is 11.3. The fourth-order valence-corrected chi connectivity index (χ4v) is 3.37. The molecular formula is C15H14BrNO4. The number of aromatic nitrogens is 1. The molecule has 0 atom stereocenters. The lowest BCUT2D eigenvalue weighted by Crippen LogP contribution is -2.11. The van der Waals surface area contributed by atoms with E-state index in [1.165, 1.54) is 0 Å². The molecule has 0 unspecified atom stereocenters. The molecule has 2 aromatic rings. The van der Waals surface area contributed by atoms with Gasteiger partial charge in [-0.1, -0.05) is 0 Å². The topological polar surface area (TPSA) is 60.7 Å². The Labute approximate surface area is 130 Å². The maximum Gasteiger partial charge on any atom is 0.338 e. The minimum Gasteiger partial charge on any atom is -0.493 e. The lowest BCUT2D eigenvalue weighted by molar-refractivity contribution is 0.0695. The molecule has 1 aromatic heterocycles. The predicted octanol–water partition coefficient (Wildman–Crippen LogP) is 3.19. The van der Waals surface area contributed by atoms with Crippen LogP contribution in [0.4, 0.5) is 0 Å². The molecule has 3 rings (SSSR count). The molecule has 6 heteroatoms. The van der Waals surface area contributed by atoms with Crippen LogP contribution in [0, 0.1) is 0 Å². The third kappa shape index (κ3) is 2.10. The van der Waals surface area contributed by atoms with Gasteiger partial charge in [-0.05, 0) is 46.1 Å². The number of ether oxygens (including phenoxy) is 2. The van der Waals surface area contributed by atoms with Gasteiger partial charge in [0, 0.05) is 12.1 Å². The second kappa shape index (κ2) is 5.11. The van der Waals surface area contributed by atoms with E-state index in [0.29, 0.717) is 16.1 Å². The monoisotopic (exact) mass is 351 g/mol. The Morgan fingerprint density at radius 3 is 2.52 bits per heavy atom. The van der Waals surface area contributed by atoms with Crippen molar-refractivity contribution in [1.29, 1.82) is 0 Å². The maximum atomic E-state index is 11.3. The van der Waals surface area contributed by atoms with Crippen molar-refractivity contribution in [2.75, 3.05) is 14.2 Å². The van der Waals surface area contributed by atoms with Crippen LogP contribution in [0.3, 0.4) is 0 Å². The summed E-state index contributed by atoms with van der Waals surface area (Å²) < 4.78 is 13.2. The highest BCUT2D eigenvalue weighted by molar-refractivity contribution is 9.10. The first kappa shape index (κ1) is 14.0. The molecule has 0 saturated carbocycles. The summed E-state index contributed by atoms with van der Waals surface area (Å²) in [6, 6.07) is 5.55. The largest absolute Gasteiger partial charge is 0.493 e. The lowest BCUT2D eigenvalue weighted by Gasteiger charge is -2.22. The van der Waals surface area contributed by atoms with Crippen molar-refractivity contribution in [3.05, 3.63) is 33.9 Å². The van der Waals surface area contributed by atoms with Crippen molar-refractivity contribution in [1.82, 2.24) is 4.57 Å². The Balaban J connectivity index is 2.22. The summed E-state index contributed by atoms with van der Waals surface area (Å²) in [5.41, 5.74) is 3.25. The minimum absolute atomic E-state index is 0.271. The molecule has 0 bridgehead atoms. The van der Waals surface area contributed by atoms with Gasteiger partial charge < -0.3 is 19.1 Å². The molecular weight excluding hydrogens is 338 g/mol. The van der Waals surface area contributed by atoms with Gasteiger partial charge in [0.15, 0.2) is 11.5 Å². The smallest absolute Gasteiger partial charge is 0.338 e. The van der Waals surface area contributed by atoms with E-state index in [0.717, 1.165) is 29.8 Å². The SMILES string of the molecule is COc1cc2c(cc1OC)-c1cc(C(=O)O)c(Br)n1CC2. The second-order valence-corrected chi connectivity index (χ2v) is 5.56. The van der Waals surface area contributed by atoms with Gasteiger partial charge in [0.25, 0.3) is 0 Å². The van der Waals surface area contributed by atoms with E-state index in [4.69, 9.17) is 9.47 Å². The summed E-state index contributed by atoms with van der Waals surface area (Å²) in [5.74, 6) is 0.387. The molecule has 1 N–H and O–H groups in total. The molecule has 110 valence electrons. The molecule has 0 amide bonds. The first-order chi connectivity index (χ1) is 10.1. The van der Waals surface area contributed by atoms with E-state index < -0.39 is 5.97 Å². The molecule has 5 nitrogen and oxygen atoms in total. The summed E-state index contributed by atoms with van der Waals surface area (Å²) in [6.45, 7) is 0.728. The van der Waals surface area contributed by atoms with Crippen LogP contribution in [0.15, 0.2) is 22.8 Å². The number of aromatic carboxylic acids is 1. The molecule has 0 aliphatic carbocycles. The number of nitrogens with zero attached hydrogens (tertiary/aromatic N) is 1. The van der Waals surface area contributed by atoms with Gasteiger partial charge in [-0.25, -0.2) is 4.79 Å². The highest BCUT2D eigenvalue weighted by Gasteiger charge is 2.25. The van der Waals surface area contributed by atoms with Crippen molar-refractivity contribution < 1.29 is 19.4 Å². The molecule has 1 aliphatic rings. The zero-order valence-electron chi connectivity index (χ0n) is 11.6. The Kier molecular flexibility index (Phi) is 3.41. The zero-order valence-corrected chi connectivity index (χ0v) is 13.2. The second-order valence-electron chi connectivity index (χ2n) is 4.81. The van der Waals surface area contributed by atoms with Crippen LogP contribution in [0.2, 0.25) is 0 Å². The Morgan fingerprint density at radius 1 is 1.24 bits per heavy atom. The number of rotatable bonds is 3. The van der Waals surface area contributed by atoms with Crippen LogP contribution in [0.5, 0.6) is 11.5 Å². The Morgan fingerprint density at radius 2 is 1.90 bits per heavy atom. The molecule has 21 heavy (non-hydrogen) atoms. The van der Waals surface area contributed by atoms with E-state index in [2.05, 4.69) is 15.9 Å². The molecule has 2 heterocycles. The van der Waals surface area contributed by atoms with Crippen LogP contribution >= 0.6 is 15.9 Å². The first-order valence-corrected chi connectivity index (χ1v) is 7.23. The lowest BCUT2D eigenvalue weighted by atomic mass is 9.97. The zero-order chi connectivity index (χ0) is 15.1. The molecule has 0 radical (unpaired) electrons. The number of hydrogen-bond donors (Lipinski definition) is 1. The third-order valence-corrected chi connectivity index (χ3v) is 4.61. The number of carbonyl (C=O) groups is 1. The highest BCUT2D eigenvalue weighted by Crippen LogP contribution is 2.41. The number of carboxylic acid groups (broad SMARTS) is 1. The average molecular weight is 352 g/mol. The number of hydrogen-bond acceptors (Lipinski definition) is 3. The quantitative estimate of drug-likeness (QED) is 0.922. The van der Waals surface area contributed by atoms with Crippen LogP contribution in [0.1, 0.15) is 15.9 Å².